The molecular weight excluding hydrogens is 358 g/mol. The summed E-state index contributed by atoms with van der Waals surface area (Å²) in [6, 6.07) is 18.3. The topological polar surface area (TPSA) is 68.0 Å². The quantitative estimate of drug-likeness (QED) is 0.590. The molecule has 140 valence electrons. The maximum absolute atomic E-state index is 12.1. The molecule has 27 heavy (non-hydrogen) atoms. The van der Waals surface area contributed by atoms with Crippen LogP contribution in [0.5, 0.6) is 0 Å². The molecule has 1 amide bonds. The second-order valence-electron chi connectivity index (χ2n) is 6.52. The maximum atomic E-state index is 12.1. The summed E-state index contributed by atoms with van der Waals surface area (Å²) in [5.41, 5.74) is 3.33. The molecule has 0 saturated carbocycles. The maximum Gasteiger partial charge on any atom is 0.277 e. The molecule has 0 radical (unpaired) electrons. The van der Waals surface area contributed by atoms with Gasteiger partial charge in [0.25, 0.3) is 5.22 Å². The highest BCUT2D eigenvalue weighted by atomic mass is 32.2. The average Bonchev–Trinajstić information content (AvgIpc) is 3.15. The highest BCUT2D eigenvalue weighted by Gasteiger charge is 2.12. The van der Waals surface area contributed by atoms with Crippen molar-refractivity contribution in [1.82, 2.24) is 15.5 Å². The van der Waals surface area contributed by atoms with Gasteiger partial charge in [-0.2, -0.15) is 0 Å². The van der Waals surface area contributed by atoms with Gasteiger partial charge in [-0.15, -0.1) is 10.2 Å². The van der Waals surface area contributed by atoms with Crippen molar-refractivity contribution in [3.63, 3.8) is 0 Å². The SMILES string of the molecule is Cc1ccc(-c2nnc(SCC(=O)NC(C)CCc3ccccc3)o2)cc1. The van der Waals surface area contributed by atoms with Crippen LogP contribution in [0.15, 0.2) is 64.2 Å². The summed E-state index contributed by atoms with van der Waals surface area (Å²) in [4.78, 5) is 12.1. The first-order valence-electron chi connectivity index (χ1n) is 8.97. The van der Waals surface area contributed by atoms with E-state index in [0.29, 0.717) is 11.1 Å². The molecule has 5 nitrogen and oxygen atoms in total. The fraction of sp³-hybridized carbons (Fsp3) is 0.286. The van der Waals surface area contributed by atoms with Crippen LogP contribution < -0.4 is 5.32 Å². The monoisotopic (exact) mass is 381 g/mol. The van der Waals surface area contributed by atoms with E-state index in [0.717, 1.165) is 18.4 Å². The number of aromatic nitrogens is 2. The third-order valence-electron chi connectivity index (χ3n) is 4.15. The molecule has 0 aliphatic rings. The minimum Gasteiger partial charge on any atom is -0.411 e. The van der Waals surface area contributed by atoms with Crippen LogP contribution >= 0.6 is 11.8 Å². The number of nitrogens with zero attached hydrogens (tertiary/aromatic N) is 2. The molecule has 0 bridgehead atoms. The summed E-state index contributed by atoms with van der Waals surface area (Å²) in [6.07, 6.45) is 1.84. The van der Waals surface area contributed by atoms with Gasteiger partial charge >= 0.3 is 0 Å². The van der Waals surface area contributed by atoms with Crippen LogP contribution in [-0.4, -0.2) is 27.9 Å². The minimum absolute atomic E-state index is 0.0318. The molecular formula is C21H23N3O2S. The normalized spacial score (nSPS) is 11.9. The Morgan fingerprint density at radius 2 is 1.85 bits per heavy atom. The first-order chi connectivity index (χ1) is 13.1. The number of thioether (sulfide) groups is 1. The highest BCUT2D eigenvalue weighted by molar-refractivity contribution is 7.99. The predicted octanol–water partition coefficient (Wildman–Crippen LogP) is 4.27. The zero-order chi connectivity index (χ0) is 19.1. The standard InChI is InChI=1S/C21H23N3O2S/c1-15-8-12-18(13-9-15)20-23-24-21(26-20)27-14-19(25)22-16(2)10-11-17-6-4-3-5-7-17/h3-9,12-13,16H,10-11,14H2,1-2H3,(H,22,25). The van der Waals surface area contributed by atoms with Gasteiger partial charge in [-0.05, 0) is 44.4 Å². The lowest BCUT2D eigenvalue weighted by Gasteiger charge is -2.13. The number of aryl methyl sites for hydroxylation is 2. The summed E-state index contributed by atoms with van der Waals surface area (Å²) in [6.45, 7) is 4.05. The molecule has 1 N–H and O–H groups in total. The summed E-state index contributed by atoms with van der Waals surface area (Å²) in [5.74, 6) is 0.690. The van der Waals surface area contributed by atoms with E-state index in [2.05, 4.69) is 27.6 Å². The lowest BCUT2D eigenvalue weighted by atomic mass is 10.1. The van der Waals surface area contributed by atoms with Gasteiger partial charge in [0.05, 0.1) is 5.75 Å². The number of carbonyl (C=O) groups is 1. The summed E-state index contributed by atoms with van der Waals surface area (Å²) >= 11 is 1.25. The van der Waals surface area contributed by atoms with Crippen molar-refractivity contribution in [1.29, 1.82) is 0 Å². The van der Waals surface area contributed by atoms with Crippen molar-refractivity contribution in [3.8, 4) is 11.5 Å². The summed E-state index contributed by atoms with van der Waals surface area (Å²) in [7, 11) is 0. The summed E-state index contributed by atoms with van der Waals surface area (Å²) < 4.78 is 5.63. The van der Waals surface area contributed by atoms with Gasteiger partial charge in [-0.3, -0.25) is 4.79 Å². The van der Waals surface area contributed by atoms with Crippen molar-refractivity contribution in [3.05, 3.63) is 65.7 Å². The van der Waals surface area contributed by atoms with Crippen LogP contribution in [0.25, 0.3) is 11.5 Å². The van der Waals surface area contributed by atoms with Crippen LogP contribution in [0, 0.1) is 6.92 Å². The van der Waals surface area contributed by atoms with Gasteiger partial charge in [0.2, 0.25) is 11.8 Å². The van der Waals surface area contributed by atoms with E-state index < -0.39 is 0 Å². The van der Waals surface area contributed by atoms with Crippen LogP contribution in [-0.2, 0) is 11.2 Å². The van der Waals surface area contributed by atoms with E-state index in [1.165, 1.54) is 22.9 Å². The number of nitrogens with one attached hydrogen (secondary N) is 1. The van der Waals surface area contributed by atoms with Crippen LogP contribution in [0.4, 0.5) is 0 Å². The molecule has 1 atom stereocenters. The van der Waals surface area contributed by atoms with E-state index in [-0.39, 0.29) is 17.7 Å². The van der Waals surface area contributed by atoms with Crippen molar-refractivity contribution < 1.29 is 9.21 Å². The third kappa shape index (κ3) is 5.96. The minimum atomic E-state index is -0.0318. The zero-order valence-electron chi connectivity index (χ0n) is 15.5. The van der Waals surface area contributed by atoms with Crippen molar-refractivity contribution >= 4 is 17.7 Å². The fourth-order valence-corrected chi connectivity index (χ4v) is 3.20. The predicted molar refractivity (Wildman–Crippen MR) is 108 cm³/mol. The molecule has 0 fully saturated rings. The van der Waals surface area contributed by atoms with E-state index in [1.807, 2.05) is 56.3 Å². The Hall–Kier alpha value is -2.60. The first kappa shape index (κ1) is 19.2. The van der Waals surface area contributed by atoms with Crippen LogP contribution in [0.1, 0.15) is 24.5 Å². The van der Waals surface area contributed by atoms with E-state index in [9.17, 15) is 4.79 Å². The van der Waals surface area contributed by atoms with Gasteiger partial charge < -0.3 is 9.73 Å². The Kier molecular flexibility index (Phi) is 6.65. The van der Waals surface area contributed by atoms with Gasteiger partial charge in [0.15, 0.2) is 0 Å². The number of benzene rings is 2. The summed E-state index contributed by atoms with van der Waals surface area (Å²) in [5, 5.41) is 11.5. The van der Waals surface area contributed by atoms with E-state index >= 15 is 0 Å². The third-order valence-corrected chi connectivity index (χ3v) is 4.97. The van der Waals surface area contributed by atoms with Crippen molar-refractivity contribution in [2.24, 2.45) is 0 Å². The largest absolute Gasteiger partial charge is 0.411 e. The second kappa shape index (κ2) is 9.37. The molecule has 0 aliphatic carbocycles. The zero-order valence-corrected chi connectivity index (χ0v) is 16.3. The molecule has 2 aromatic carbocycles. The van der Waals surface area contributed by atoms with E-state index in [1.54, 1.807) is 0 Å². The second-order valence-corrected chi connectivity index (χ2v) is 7.45. The molecule has 0 aliphatic heterocycles. The van der Waals surface area contributed by atoms with Crippen LogP contribution in [0.2, 0.25) is 0 Å². The molecule has 0 spiro atoms. The first-order valence-corrected chi connectivity index (χ1v) is 9.95. The van der Waals surface area contributed by atoms with Gasteiger partial charge in [-0.25, -0.2) is 0 Å². The molecule has 3 aromatic rings. The Morgan fingerprint density at radius 3 is 2.59 bits per heavy atom. The number of amides is 1. The number of hydrogen-bond donors (Lipinski definition) is 1. The lowest BCUT2D eigenvalue weighted by Crippen LogP contribution is -2.34. The molecule has 6 heteroatoms. The Labute approximate surface area is 163 Å². The Balaban J connectivity index is 1.43. The number of carbonyl (C=O) groups excluding carboxylic acids is 1. The van der Waals surface area contributed by atoms with Gasteiger partial charge in [0.1, 0.15) is 0 Å². The molecule has 1 aromatic heterocycles. The average molecular weight is 382 g/mol. The van der Waals surface area contributed by atoms with Gasteiger partial charge in [0, 0.05) is 11.6 Å². The van der Waals surface area contributed by atoms with Crippen LogP contribution in [0.3, 0.4) is 0 Å². The fourth-order valence-electron chi connectivity index (χ4n) is 2.62. The highest BCUT2D eigenvalue weighted by Crippen LogP contribution is 2.23. The van der Waals surface area contributed by atoms with Crippen molar-refractivity contribution in [2.75, 3.05) is 5.75 Å². The smallest absolute Gasteiger partial charge is 0.277 e. The van der Waals surface area contributed by atoms with E-state index in [4.69, 9.17) is 4.42 Å². The van der Waals surface area contributed by atoms with Crippen molar-refractivity contribution in [2.45, 2.75) is 38.0 Å². The Bertz CT molecular complexity index is 863. The molecule has 3 rings (SSSR count). The lowest BCUT2D eigenvalue weighted by molar-refractivity contribution is -0.119. The Morgan fingerprint density at radius 1 is 1.11 bits per heavy atom. The van der Waals surface area contributed by atoms with Gasteiger partial charge in [-0.1, -0.05) is 59.8 Å². The number of rotatable bonds is 8. The number of hydrogen-bond acceptors (Lipinski definition) is 5. The molecule has 0 saturated heterocycles. The molecule has 1 heterocycles. The molecule has 1 unspecified atom stereocenters.